The van der Waals surface area contributed by atoms with Gasteiger partial charge in [-0.3, -0.25) is 17.4 Å². The summed E-state index contributed by atoms with van der Waals surface area (Å²) in [5.41, 5.74) is 2.92. The van der Waals surface area contributed by atoms with Gasteiger partial charge < -0.3 is 21.4 Å². The number of rotatable bonds is 7. The molecule has 1 unspecified atom stereocenters. The molecule has 2 aromatic carbocycles. The molecule has 1 atom stereocenters. The molecule has 5 nitrogen and oxygen atoms in total. The van der Waals surface area contributed by atoms with Crippen molar-refractivity contribution in [3.05, 3.63) is 119 Å². The fourth-order valence-corrected chi connectivity index (χ4v) is 3.32. The molecular formula is C28H26KNO4-2. The maximum absolute atomic E-state index is 12.8. The van der Waals surface area contributed by atoms with E-state index >= 15 is 0 Å². The van der Waals surface area contributed by atoms with Crippen LogP contribution in [0.15, 0.2) is 76.5 Å². The third kappa shape index (κ3) is 7.26. The van der Waals surface area contributed by atoms with E-state index in [1.54, 1.807) is 37.3 Å². The number of para-hydroxylation sites is 1. The zero-order valence-corrected chi connectivity index (χ0v) is 23.0. The molecule has 170 valence electrons. The summed E-state index contributed by atoms with van der Waals surface area (Å²) < 4.78 is 6.07. The molecule has 1 heterocycles. The van der Waals surface area contributed by atoms with Crippen LogP contribution in [0.5, 0.6) is 0 Å². The second-order valence-electron chi connectivity index (χ2n) is 7.21. The summed E-state index contributed by atoms with van der Waals surface area (Å²) in [6.07, 6.45) is 7.09. The van der Waals surface area contributed by atoms with E-state index in [-0.39, 0.29) is 68.4 Å². The van der Waals surface area contributed by atoms with Crippen LogP contribution in [0.3, 0.4) is 0 Å². The van der Waals surface area contributed by atoms with Crippen molar-refractivity contribution in [2.75, 3.05) is 5.32 Å². The summed E-state index contributed by atoms with van der Waals surface area (Å²) in [5, 5.41) is 13.1. The van der Waals surface area contributed by atoms with Crippen LogP contribution in [0, 0.1) is 26.2 Å². The van der Waals surface area contributed by atoms with Crippen LogP contribution in [-0.4, -0.2) is 11.1 Å². The van der Waals surface area contributed by atoms with Crippen molar-refractivity contribution in [2.24, 2.45) is 0 Å². The number of allylic oxidation sites excluding steroid dienone is 5. The number of fused-ring (bicyclic) bond motifs is 1. The SMILES string of the molecule is [CH-]=C/C=C(\[C-]=C)c1cc(=O)c2cc(C)cc(C(C)Nc3ccccc3C(=O)O)c2o1.[CH-]=CC.[K+]. The van der Waals surface area contributed by atoms with Crippen molar-refractivity contribution in [3.63, 3.8) is 0 Å². The molecule has 6 heteroatoms. The van der Waals surface area contributed by atoms with E-state index < -0.39 is 5.97 Å². The topological polar surface area (TPSA) is 79.5 Å². The van der Waals surface area contributed by atoms with Gasteiger partial charge in [0.1, 0.15) is 5.58 Å². The molecule has 0 saturated carbocycles. The van der Waals surface area contributed by atoms with Gasteiger partial charge >= 0.3 is 57.4 Å². The Morgan fingerprint density at radius 3 is 2.47 bits per heavy atom. The summed E-state index contributed by atoms with van der Waals surface area (Å²) in [7, 11) is 0. The van der Waals surface area contributed by atoms with E-state index in [4.69, 9.17) is 17.6 Å². The minimum absolute atomic E-state index is 0. The Morgan fingerprint density at radius 1 is 1.24 bits per heavy atom. The molecule has 0 aliphatic carbocycles. The number of carbonyl (C=O) groups is 1. The zero-order chi connectivity index (χ0) is 24.5. The van der Waals surface area contributed by atoms with Gasteiger partial charge in [0.25, 0.3) is 0 Å². The molecule has 2 N–H and O–H groups in total. The maximum Gasteiger partial charge on any atom is 1.00 e. The summed E-state index contributed by atoms with van der Waals surface area (Å²) in [5.74, 6) is -0.727. The third-order valence-corrected chi connectivity index (χ3v) is 4.72. The van der Waals surface area contributed by atoms with E-state index in [1.807, 2.05) is 19.9 Å². The number of carboxylic acid groups (broad SMARTS) is 1. The molecule has 3 aromatic rings. The van der Waals surface area contributed by atoms with E-state index in [0.29, 0.717) is 28.0 Å². The molecule has 0 aliphatic rings. The Labute approximate surface area is 243 Å². The van der Waals surface area contributed by atoms with Gasteiger partial charge in [-0.1, -0.05) is 25.1 Å². The quantitative estimate of drug-likeness (QED) is 0.309. The van der Waals surface area contributed by atoms with E-state index in [1.165, 1.54) is 24.3 Å². The second kappa shape index (κ2) is 14.0. The van der Waals surface area contributed by atoms with Crippen LogP contribution >= 0.6 is 0 Å². The van der Waals surface area contributed by atoms with Gasteiger partial charge in [0.15, 0.2) is 5.43 Å². The Hall–Kier alpha value is -2.48. The molecule has 3 rings (SSSR count). The average Bonchev–Trinajstić information content (AvgIpc) is 2.78. The molecule has 1 aromatic heterocycles. The minimum atomic E-state index is -1.03. The number of anilines is 1. The summed E-state index contributed by atoms with van der Waals surface area (Å²) >= 11 is 0. The Kier molecular flexibility index (Phi) is 12.2. The Bertz CT molecular complexity index is 1290. The molecular weight excluding hydrogens is 453 g/mol. The Morgan fingerprint density at radius 2 is 1.88 bits per heavy atom. The van der Waals surface area contributed by atoms with Crippen molar-refractivity contribution >= 4 is 28.2 Å². The van der Waals surface area contributed by atoms with Crippen LogP contribution in [0.25, 0.3) is 16.5 Å². The van der Waals surface area contributed by atoms with Gasteiger partial charge in [0, 0.05) is 17.0 Å². The van der Waals surface area contributed by atoms with Gasteiger partial charge in [0.05, 0.1) is 17.0 Å². The molecule has 34 heavy (non-hydrogen) atoms. The summed E-state index contributed by atoms with van der Waals surface area (Å²) in [6.45, 7) is 19.4. The first kappa shape index (κ1) is 29.5. The second-order valence-corrected chi connectivity index (χ2v) is 7.21. The zero-order valence-electron chi connectivity index (χ0n) is 19.9. The first-order chi connectivity index (χ1) is 15.8. The molecule has 0 aliphatic heterocycles. The maximum atomic E-state index is 12.8. The Balaban J connectivity index is 0.00000137. The standard InChI is InChI=1S/C25H21NO4.C3H5.K/c1-5-9-17(6-2)23-14-22(27)20-13-15(3)12-19(24(20)30-23)16(4)26-21-11-8-7-10-18(21)25(28)29;1-3-2;/h1,5,7-14,16,26H,2H2,3-4H3,(H,28,29);1,3H,2H3;/q-2;-1;+1/b17-9+;;. The smallest absolute Gasteiger partial charge is 0.518 e. The van der Waals surface area contributed by atoms with Crippen LogP contribution in [0.1, 0.15) is 47.1 Å². The predicted octanol–water partition coefficient (Wildman–Crippen LogP) is 3.33. The van der Waals surface area contributed by atoms with Gasteiger partial charge in [-0.05, 0) is 43.7 Å². The number of benzene rings is 2. The first-order valence-corrected chi connectivity index (χ1v) is 10.2. The normalized spacial score (nSPS) is 11.3. The number of aryl methyl sites for hydroxylation is 1. The van der Waals surface area contributed by atoms with Gasteiger partial charge in [-0.2, -0.15) is 24.3 Å². The molecule has 0 fully saturated rings. The van der Waals surface area contributed by atoms with E-state index in [9.17, 15) is 14.7 Å². The fraction of sp³-hybridized carbons (Fsp3) is 0.143. The molecule has 0 saturated heterocycles. The summed E-state index contributed by atoms with van der Waals surface area (Å²) in [4.78, 5) is 24.3. The third-order valence-electron chi connectivity index (χ3n) is 4.72. The van der Waals surface area contributed by atoms with Gasteiger partial charge in [-0.15, -0.1) is 0 Å². The molecule has 0 radical (unpaired) electrons. The van der Waals surface area contributed by atoms with Crippen LogP contribution in [0.2, 0.25) is 0 Å². The van der Waals surface area contributed by atoms with Crippen molar-refractivity contribution < 1.29 is 65.7 Å². The van der Waals surface area contributed by atoms with Crippen molar-refractivity contribution in [3.8, 4) is 0 Å². The number of carboxylic acids is 1. The molecule has 0 bridgehead atoms. The van der Waals surface area contributed by atoms with Crippen molar-refractivity contribution in [1.82, 2.24) is 0 Å². The van der Waals surface area contributed by atoms with Crippen molar-refractivity contribution in [1.29, 1.82) is 0 Å². The van der Waals surface area contributed by atoms with Crippen molar-refractivity contribution in [2.45, 2.75) is 26.8 Å². The van der Waals surface area contributed by atoms with Crippen LogP contribution < -0.4 is 62.1 Å². The monoisotopic (exact) mass is 479 g/mol. The number of aromatic carboxylic acids is 1. The predicted molar refractivity (Wildman–Crippen MR) is 133 cm³/mol. The first-order valence-electron chi connectivity index (χ1n) is 10.2. The summed E-state index contributed by atoms with van der Waals surface area (Å²) in [6, 6.07) is 11.4. The number of hydrogen-bond donors (Lipinski definition) is 2. The van der Waals surface area contributed by atoms with E-state index in [2.05, 4.69) is 18.0 Å². The van der Waals surface area contributed by atoms with Crippen LogP contribution in [-0.2, 0) is 0 Å². The van der Waals surface area contributed by atoms with Gasteiger partial charge in [0.2, 0.25) is 0 Å². The van der Waals surface area contributed by atoms with Crippen LogP contribution in [0.4, 0.5) is 5.69 Å². The van der Waals surface area contributed by atoms with E-state index in [0.717, 1.165) is 11.1 Å². The molecule has 0 amide bonds. The fourth-order valence-electron chi connectivity index (χ4n) is 3.32. The van der Waals surface area contributed by atoms with Gasteiger partial charge in [-0.25, -0.2) is 10.9 Å². The number of nitrogens with one attached hydrogen (secondary N) is 1. The minimum Gasteiger partial charge on any atom is -0.518 e. The molecule has 0 spiro atoms. The average molecular weight is 480 g/mol. The number of hydrogen-bond acceptors (Lipinski definition) is 4. The largest absolute Gasteiger partial charge is 1.00 e.